The largest absolute Gasteiger partial charge is 0.443 e. The summed E-state index contributed by atoms with van der Waals surface area (Å²) in [4.78, 5) is 52.1. The van der Waals surface area contributed by atoms with Crippen LogP contribution in [0, 0.1) is 16.0 Å². The summed E-state index contributed by atoms with van der Waals surface area (Å²) in [5.41, 5.74) is 0.308. The molecular weight excluding hydrogens is 510 g/mol. The minimum atomic E-state index is -0.840. The number of nitro groups is 1. The Morgan fingerprint density at radius 2 is 1.84 bits per heavy atom. The first-order valence-corrected chi connectivity index (χ1v) is 13.6. The summed E-state index contributed by atoms with van der Waals surface area (Å²) in [5.74, 6) is -0.542. The summed E-state index contributed by atoms with van der Waals surface area (Å²) in [6, 6.07) is 5.68. The number of amides is 2. The number of carbonyl (C=O) groups excluding carboxylic acids is 3. The van der Waals surface area contributed by atoms with Crippen molar-refractivity contribution in [1.29, 1.82) is 0 Å². The second kappa shape index (κ2) is 12.9. The minimum Gasteiger partial charge on any atom is -0.443 e. The van der Waals surface area contributed by atoms with Crippen LogP contribution in [0.1, 0.15) is 75.9 Å². The van der Waals surface area contributed by atoms with Gasteiger partial charge in [0.15, 0.2) is 0 Å². The van der Waals surface area contributed by atoms with E-state index in [2.05, 4.69) is 15.0 Å². The van der Waals surface area contributed by atoms with Gasteiger partial charge >= 0.3 is 6.09 Å². The third-order valence-corrected chi connectivity index (χ3v) is 7.40. The normalized spacial score (nSPS) is 15.8. The summed E-state index contributed by atoms with van der Waals surface area (Å²) in [5, 5.41) is 13.7. The average Bonchev–Trinajstić information content (AvgIpc) is 3.37. The second-order valence-corrected chi connectivity index (χ2v) is 11.5. The van der Waals surface area contributed by atoms with Crippen molar-refractivity contribution in [2.24, 2.45) is 5.92 Å². The van der Waals surface area contributed by atoms with Crippen molar-refractivity contribution in [2.45, 2.75) is 83.1 Å². The van der Waals surface area contributed by atoms with Crippen molar-refractivity contribution < 1.29 is 24.0 Å². The lowest BCUT2D eigenvalue weighted by atomic mass is 9.85. The van der Waals surface area contributed by atoms with Crippen LogP contribution >= 0.6 is 11.9 Å². The Balaban J connectivity index is 1.57. The summed E-state index contributed by atoms with van der Waals surface area (Å²) in [7, 11) is 0. The highest BCUT2D eigenvalue weighted by molar-refractivity contribution is 7.98. The van der Waals surface area contributed by atoms with Gasteiger partial charge in [-0.2, -0.15) is 0 Å². The number of aromatic nitrogens is 2. The van der Waals surface area contributed by atoms with Gasteiger partial charge in [0, 0.05) is 23.6 Å². The minimum absolute atomic E-state index is 0.0126. The van der Waals surface area contributed by atoms with Gasteiger partial charge in [0.25, 0.3) is 17.5 Å². The van der Waals surface area contributed by atoms with E-state index in [0.29, 0.717) is 12.3 Å². The number of carbonyl (C=O) groups is 3. The summed E-state index contributed by atoms with van der Waals surface area (Å²) in [6.07, 6.45) is 8.05. The van der Waals surface area contributed by atoms with E-state index in [4.69, 9.17) is 4.74 Å². The molecule has 0 saturated heterocycles. The molecule has 0 bridgehead atoms. The molecule has 1 unspecified atom stereocenters. The lowest BCUT2D eigenvalue weighted by Crippen LogP contribution is -2.44. The van der Waals surface area contributed by atoms with Gasteiger partial charge in [-0.25, -0.2) is 14.3 Å². The molecule has 1 aliphatic carbocycles. The maximum absolute atomic E-state index is 12.8. The SMILES string of the molecule is C[C@@H](NC(=O)c1cn(C(=O)OC(C)(C)C)cn1)C(=O)NSC(Cc1ccc([N+](=O)[O-])cc1)C1CCCCC1. The molecule has 0 aliphatic heterocycles. The topological polar surface area (TPSA) is 145 Å². The third-order valence-electron chi connectivity index (χ3n) is 6.23. The maximum atomic E-state index is 12.8. The molecule has 1 saturated carbocycles. The molecule has 2 atom stereocenters. The van der Waals surface area contributed by atoms with Gasteiger partial charge in [-0.3, -0.25) is 24.4 Å². The molecule has 2 aromatic rings. The molecule has 2 amide bonds. The van der Waals surface area contributed by atoms with Crippen LogP contribution in [0.4, 0.5) is 10.5 Å². The number of rotatable bonds is 9. The van der Waals surface area contributed by atoms with Crippen molar-refractivity contribution in [2.75, 3.05) is 0 Å². The molecule has 11 nitrogen and oxygen atoms in total. The van der Waals surface area contributed by atoms with E-state index in [0.717, 1.165) is 35.8 Å². The Labute approximate surface area is 226 Å². The van der Waals surface area contributed by atoms with Crippen LogP contribution in [-0.4, -0.2) is 49.3 Å². The van der Waals surface area contributed by atoms with E-state index in [9.17, 15) is 24.5 Å². The molecule has 1 fully saturated rings. The van der Waals surface area contributed by atoms with Crippen LogP contribution in [0.2, 0.25) is 0 Å². The van der Waals surface area contributed by atoms with E-state index in [1.165, 1.54) is 43.0 Å². The lowest BCUT2D eigenvalue weighted by molar-refractivity contribution is -0.384. The molecule has 38 heavy (non-hydrogen) atoms. The van der Waals surface area contributed by atoms with Gasteiger partial charge in [-0.05, 0) is 70.4 Å². The standard InChI is InChI=1S/C26H35N5O6S/c1-17(28-24(33)21-15-30(16-27-21)25(34)37-26(2,3)4)23(32)29-38-22(19-8-6-5-7-9-19)14-18-10-12-20(13-11-18)31(35)36/h10-13,15-17,19,22H,5-9,14H2,1-4H3,(H,28,33)(H,29,32)/t17-,22?/m1/s1. The van der Waals surface area contributed by atoms with E-state index in [1.807, 2.05) is 0 Å². The quantitative estimate of drug-likeness (QED) is 0.263. The van der Waals surface area contributed by atoms with Crippen molar-refractivity contribution in [3.05, 3.63) is 58.2 Å². The van der Waals surface area contributed by atoms with Gasteiger partial charge in [-0.1, -0.05) is 31.4 Å². The van der Waals surface area contributed by atoms with Gasteiger partial charge in [0.2, 0.25) is 0 Å². The molecule has 12 heteroatoms. The van der Waals surface area contributed by atoms with Crippen molar-refractivity contribution in [3.8, 4) is 0 Å². The molecule has 1 aliphatic rings. The number of imidazole rings is 1. The molecule has 206 valence electrons. The fourth-order valence-corrected chi connectivity index (χ4v) is 5.39. The van der Waals surface area contributed by atoms with E-state index >= 15 is 0 Å². The van der Waals surface area contributed by atoms with Gasteiger partial charge in [-0.15, -0.1) is 0 Å². The summed E-state index contributed by atoms with van der Waals surface area (Å²) < 4.78 is 9.22. The van der Waals surface area contributed by atoms with E-state index in [-0.39, 0.29) is 22.5 Å². The van der Waals surface area contributed by atoms with E-state index < -0.39 is 28.6 Å². The summed E-state index contributed by atoms with van der Waals surface area (Å²) >= 11 is 1.34. The van der Waals surface area contributed by atoms with Crippen LogP contribution < -0.4 is 10.0 Å². The van der Waals surface area contributed by atoms with Crippen LogP contribution in [0.5, 0.6) is 0 Å². The van der Waals surface area contributed by atoms with Crippen molar-refractivity contribution >= 4 is 35.5 Å². The monoisotopic (exact) mass is 545 g/mol. The number of hydrogen-bond acceptors (Lipinski definition) is 8. The zero-order chi connectivity index (χ0) is 27.9. The number of nitrogens with zero attached hydrogens (tertiary/aromatic N) is 3. The first-order valence-electron chi connectivity index (χ1n) is 12.7. The highest BCUT2D eigenvalue weighted by atomic mass is 32.2. The summed E-state index contributed by atoms with van der Waals surface area (Å²) in [6.45, 7) is 6.78. The molecule has 1 aromatic heterocycles. The zero-order valence-electron chi connectivity index (χ0n) is 22.1. The smallest absolute Gasteiger partial charge is 0.419 e. The Bertz CT molecular complexity index is 1140. The first kappa shape index (κ1) is 29.2. The molecular formula is C26H35N5O6S. The molecule has 1 aromatic carbocycles. The average molecular weight is 546 g/mol. The predicted octanol–water partition coefficient (Wildman–Crippen LogP) is 4.65. The number of nitrogens with one attached hydrogen (secondary N) is 2. The fraction of sp³-hybridized carbons (Fsp3) is 0.538. The predicted molar refractivity (Wildman–Crippen MR) is 144 cm³/mol. The van der Waals surface area contributed by atoms with Crippen LogP contribution in [0.25, 0.3) is 0 Å². The number of benzene rings is 1. The van der Waals surface area contributed by atoms with Crippen molar-refractivity contribution in [1.82, 2.24) is 19.6 Å². The van der Waals surface area contributed by atoms with E-state index in [1.54, 1.807) is 39.8 Å². The van der Waals surface area contributed by atoms with Crippen LogP contribution in [-0.2, 0) is 16.0 Å². The fourth-order valence-electron chi connectivity index (χ4n) is 4.21. The number of non-ortho nitro benzene ring substituents is 1. The Hall–Kier alpha value is -3.41. The maximum Gasteiger partial charge on any atom is 0.419 e. The molecule has 0 spiro atoms. The second-order valence-electron chi connectivity index (χ2n) is 10.5. The number of ether oxygens (including phenoxy) is 1. The lowest BCUT2D eigenvalue weighted by Gasteiger charge is -2.30. The highest BCUT2D eigenvalue weighted by Crippen LogP contribution is 2.34. The molecule has 1 heterocycles. The Kier molecular flexibility index (Phi) is 9.90. The van der Waals surface area contributed by atoms with Gasteiger partial charge < -0.3 is 10.1 Å². The highest BCUT2D eigenvalue weighted by Gasteiger charge is 2.27. The van der Waals surface area contributed by atoms with Gasteiger partial charge in [0.1, 0.15) is 23.7 Å². The molecule has 2 N–H and O–H groups in total. The van der Waals surface area contributed by atoms with Crippen molar-refractivity contribution in [3.63, 3.8) is 0 Å². The number of nitro benzene ring substituents is 1. The third kappa shape index (κ3) is 8.57. The van der Waals surface area contributed by atoms with Crippen LogP contribution in [0.15, 0.2) is 36.8 Å². The Morgan fingerprint density at radius 3 is 2.45 bits per heavy atom. The zero-order valence-corrected chi connectivity index (χ0v) is 23.0. The number of hydrogen-bond donors (Lipinski definition) is 2. The Morgan fingerprint density at radius 1 is 1.18 bits per heavy atom. The van der Waals surface area contributed by atoms with Crippen LogP contribution in [0.3, 0.4) is 0 Å². The van der Waals surface area contributed by atoms with Gasteiger partial charge in [0.05, 0.1) is 4.92 Å². The first-order chi connectivity index (χ1) is 17.9. The molecule has 3 rings (SSSR count). The molecule has 0 radical (unpaired) electrons.